The first-order valence-corrected chi connectivity index (χ1v) is 11.9. The summed E-state index contributed by atoms with van der Waals surface area (Å²) < 4.78 is 6.73. The van der Waals surface area contributed by atoms with E-state index in [2.05, 4.69) is 9.97 Å². The SMILES string of the molecule is CCc1nc(=S)c(Cc2cccc(CO)c2)c(OCc2ccc(-c3ccccc3C(=N)N)cc2)[nH]1. The molecule has 0 bridgehead atoms. The van der Waals surface area contributed by atoms with Gasteiger partial charge in [-0.1, -0.05) is 91.9 Å². The summed E-state index contributed by atoms with van der Waals surface area (Å²) in [6, 6.07) is 23.4. The van der Waals surface area contributed by atoms with E-state index in [9.17, 15) is 5.11 Å². The summed E-state index contributed by atoms with van der Waals surface area (Å²) in [5.74, 6) is 1.43. The summed E-state index contributed by atoms with van der Waals surface area (Å²) >= 11 is 5.60. The second-order valence-corrected chi connectivity index (χ2v) is 8.64. The first-order valence-electron chi connectivity index (χ1n) is 11.4. The predicted molar refractivity (Wildman–Crippen MR) is 141 cm³/mol. The number of nitrogen functional groups attached to an aromatic ring is 1. The van der Waals surface area contributed by atoms with E-state index in [0.29, 0.717) is 35.5 Å². The Hall–Kier alpha value is -3.81. The molecule has 0 aliphatic rings. The van der Waals surface area contributed by atoms with Crippen LogP contribution in [0.1, 0.15) is 40.6 Å². The molecule has 0 amide bonds. The number of nitrogens with one attached hydrogen (secondary N) is 2. The van der Waals surface area contributed by atoms with Crippen LogP contribution in [0.15, 0.2) is 72.8 Å². The van der Waals surface area contributed by atoms with Crippen molar-refractivity contribution in [3.8, 4) is 17.0 Å². The molecule has 5 N–H and O–H groups in total. The summed E-state index contributed by atoms with van der Waals surface area (Å²) in [7, 11) is 0. The lowest BCUT2D eigenvalue weighted by Gasteiger charge is -2.14. The number of aryl methyl sites for hydroxylation is 1. The lowest BCUT2D eigenvalue weighted by Crippen LogP contribution is -2.12. The number of hydrogen-bond acceptors (Lipinski definition) is 5. The maximum Gasteiger partial charge on any atom is 0.199 e. The van der Waals surface area contributed by atoms with E-state index in [-0.39, 0.29) is 12.4 Å². The molecule has 4 aromatic rings. The van der Waals surface area contributed by atoms with E-state index in [4.69, 9.17) is 28.1 Å². The Morgan fingerprint density at radius 1 is 1.03 bits per heavy atom. The highest BCUT2D eigenvalue weighted by Crippen LogP contribution is 2.26. The quantitative estimate of drug-likeness (QED) is 0.146. The fraction of sp³-hybridized carbons (Fsp3) is 0.179. The van der Waals surface area contributed by atoms with Crippen molar-refractivity contribution < 1.29 is 9.84 Å². The van der Waals surface area contributed by atoms with Gasteiger partial charge < -0.3 is 20.6 Å². The maximum atomic E-state index is 9.47. The molecule has 1 aromatic heterocycles. The van der Waals surface area contributed by atoms with Gasteiger partial charge in [-0.05, 0) is 27.8 Å². The van der Waals surface area contributed by atoms with Crippen LogP contribution in [-0.2, 0) is 26.1 Å². The number of amidine groups is 1. The molecule has 4 rings (SSSR count). The second-order valence-electron chi connectivity index (χ2n) is 8.25. The van der Waals surface area contributed by atoms with E-state index in [1.165, 1.54) is 0 Å². The number of H-pyrrole nitrogens is 1. The summed E-state index contributed by atoms with van der Waals surface area (Å²) in [5, 5.41) is 17.3. The van der Waals surface area contributed by atoms with Crippen molar-refractivity contribution in [2.24, 2.45) is 5.73 Å². The molecule has 0 atom stereocenters. The van der Waals surface area contributed by atoms with Crippen LogP contribution in [0.5, 0.6) is 5.88 Å². The molecule has 35 heavy (non-hydrogen) atoms. The highest BCUT2D eigenvalue weighted by Gasteiger charge is 2.12. The topological polar surface area (TPSA) is 108 Å². The fourth-order valence-corrected chi connectivity index (χ4v) is 4.19. The van der Waals surface area contributed by atoms with Crippen molar-refractivity contribution in [3.05, 3.63) is 111 Å². The van der Waals surface area contributed by atoms with Crippen molar-refractivity contribution in [3.63, 3.8) is 0 Å². The number of aromatic amines is 1. The highest BCUT2D eigenvalue weighted by atomic mass is 32.1. The van der Waals surface area contributed by atoms with Crippen LogP contribution < -0.4 is 10.5 Å². The largest absolute Gasteiger partial charge is 0.474 e. The molecule has 0 aliphatic carbocycles. The van der Waals surface area contributed by atoms with Gasteiger partial charge in [-0.3, -0.25) is 5.41 Å². The molecule has 0 aliphatic heterocycles. The van der Waals surface area contributed by atoms with Crippen molar-refractivity contribution in [1.82, 2.24) is 9.97 Å². The molecular weight excluding hydrogens is 456 g/mol. The van der Waals surface area contributed by atoms with Gasteiger partial charge in [0.2, 0.25) is 0 Å². The average Bonchev–Trinajstić information content (AvgIpc) is 2.89. The Morgan fingerprint density at radius 3 is 2.49 bits per heavy atom. The van der Waals surface area contributed by atoms with E-state index in [1.807, 2.05) is 79.7 Å². The predicted octanol–water partition coefficient (Wildman–Crippen LogP) is 5.31. The Kier molecular flexibility index (Phi) is 7.70. The average molecular weight is 485 g/mol. The smallest absolute Gasteiger partial charge is 0.199 e. The number of nitrogens with two attached hydrogens (primary N) is 1. The normalized spacial score (nSPS) is 10.8. The van der Waals surface area contributed by atoms with Crippen LogP contribution in [0.3, 0.4) is 0 Å². The summed E-state index contributed by atoms with van der Waals surface area (Å²) in [6.07, 6.45) is 1.26. The number of hydrogen-bond donors (Lipinski definition) is 4. The molecule has 6 nitrogen and oxygen atoms in total. The van der Waals surface area contributed by atoms with Crippen LogP contribution in [0.4, 0.5) is 0 Å². The molecule has 0 saturated carbocycles. The number of aliphatic hydroxyl groups is 1. The van der Waals surface area contributed by atoms with Gasteiger partial charge in [0.1, 0.15) is 22.9 Å². The maximum absolute atomic E-state index is 9.47. The minimum atomic E-state index is -0.00996. The number of aliphatic hydroxyl groups excluding tert-OH is 1. The molecule has 0 unspecified atom stereocenters. The van der Waals surface area contributed by atoms with Gasteiger partial charge in [-0.2, -0.15) is 0 Å². The van der Waals surface area contributed by atoms with Gasteiger partial charge in [0.25, 0.3) is 0 Å². The van der Waals surface area contributed by atoms with Crippen LogP contribution in [0, 0.1) is 10.0 Å². The van der Waals surface area contributed by atoms with Crippen molar-refractivity contribution in [2.45, 2.75) is 33.0 Å². The van der Waals surface area contributed by atoms with Gasteiger partial charge in [0.15, 0.2) is 5.88 Å². The zero-order valence-electron chi connectivity index (χ0n) is 19.5. The monoisotopic (exact) mass is 484 g/mol. The molecule has 0 radical (unpaired) electrons. The number of benzene rings is 3. The molecule has 1 heterocycles. The van der Waals surface area contributed by atoms with Crippen molar-refractivity contribution in [1.29, 1.82) is 5.41 Å². The summed E-state index contributed by atoms with van der Waals surface area (Å²) in [6.45, 7) is 2.36. The van der Waals surface area contributed by atoms with E-state index in [1.54, 1.807) is 0 Å². The van der Waals surface area contributed by atoms with Gasteiger partial charge in [0, 0.05) is 18.4 Å². The van der Waals surface area contributed by atoms with Gasteiger partial charge in [-0.25, -0.2) is 4.98 Å². The fourth-order valence-electron chi connectivity index (χ4n) is 3.92. The number of rotatable bonds is 9. The van der Waals surface area contributed by atoms with Crippen molar-refractivity contribution in [2.75, 3.05) is 0 Å². The number of nitrogens with zero attached hydrogens (tertiary/aromatic N) is 1. The standard InChI is InChI=1S/C28H28N4O2S/c1-2-25-31-27(24(28(35)32-25)15-19-6-5-7-20(14-19)16-33)34-17-18-10-12-21(13-11-18)22-8-3-4-9-23(22)26(29)30/h3-14,33H,2,15-17H2,1H3,(H3,29,30)(H,31,32,35). The number of ether oxygens (including phenoxy) is 1. The summed E-state index contributed by atoms with van der Waals surface area (Å²) in [5.41, 5.74) is 12.1. The Morgan fingerprint density at radius 2 is 1.77 bits per heavy atom. The zero-order chi connectivity index (χ0) is 24.8. The van der Waals surface area contributed by atoms with Gasteiger partial charge >= 0.3 is 0 Å². The van der Waals surface area contributed by atoms with Crippen LogP contribution in [0.2, 0.25) is 0 Å². The molecule has 178 valence electrons. The third kappa shape index (κ3) is 5.82. The Labute approximate surface area is 210 Å². The highest BCUT2D eigenvalue weighted by molar-refractivity contribution is 7.71. The third-order valence-electron chi connectivity index (χ3n) is 5.78. The first kappa shape index (κ1) is 24.3. The lowest BCUT2D eigenvalue weighted by atomic mass is 9.98. The lowest BCUT2D eigenvalue weighted by molar-refractivity contribution is 0.281. The van der Waals surface area contributed by atoms with Gasteiger partial charge in [-0.15, -0.1) is 0 Å². The minimum Gasteiger partial charge on any atom is -0.474 e. The Bertz CT molecular complexity index is 1400. The molecular formula is C28H28N4O2S. The molecule has 7 heteroatoms. The zero-order valence-corrected chi connectivity index (χ0v) is 20.4. The van der Waals surface area contributed by atoms with Crippen molar-refractivity contribution >= 4 is 18.1 Å². The molecule has 0 fully saturated rings. The minimum absolute atomic E-state index is 0.00996. The van der Waals surface area contributed by atoms with E-state index in [0.717, 1.165) is 39.2 Å². The second kappa shape index (κ2) is 11.1. The van der Waals surface area contributed by atoms with Crippen LogP contribution in [0.25, 0.3) is 11.1 Å². The van der Waals surface area contributed by atoms with Crippen LogP contribution >= 0.6 is 12.2 Å². The molecule has 3 aromatic carbocycles. The summed E-state index contributed by atoms with van der Waals surface area (Å²) in [4.78, 5) is 7.81. The third-order valence-corrected chi connectivity index (χ3v) is 6.12. The van der Waals surface area contributed by atoms with E-state index < -0.39 is 0 Å². The number of aromatic nitrogens is 2. The van der Waals surface area contributed by atoms with Crippen LogP contribution in [-0.4, -0.2) is 20.9 Å². The molecule has 0 saturated heterocycles. The molecule has 0 spiro atoms. The Balaban J connectivity index is 1.57. The van der Waals surface area contributed by atoms with Gasteiger partial charge in [0.05, 0.1) is 12.2 Å². The van der Waals surface area contributed by atoms with E-state index >= 15 is 0 Å². The first-order chi connectivity index (χ1) is 17.0.